The third-order valence-corrected chi connectivity index (χ3v) is 2.77. The van der Waals surface area contributed by atoms with Gasteiger partial charge in [0.05, 0.1) is 10.6 Å². The van der Waals surface area contributed by atoms with Gasteiger partial charge >= 0.3 is 0 Å². The van der Waals surface area contributed by atoms with Crippen LogP contribution in [0.3, 0.4) is 0 Å². The van der Waals surface area contributed by atoms with Crippen molar-refractivity contribution < 1.29 is 4.79 Å². The Kier molecular flexibility index (Phi) is 3.43. The zero-order valence-corrected chi connectivity index (χ0v) is 10.4. The van der Waals surface area contributed by atoms with Crippen LogP contribution in [-0.4, -0.2) is 22.9 Å². The molecule has 0 saturated carbocycles. The molecule has 5 nitrogen and oxygen atoms in total. The number of aromatic nitrogens is 2. The molecule has 0 spiro atoms. The third kappa shape index (κ3) is 2.41. The highest BCUT2D eigenvalue weighted by atomic mass is 35.5. The number of carbonyl (C=O) groups excluding carboxylic acids is 1. The van der Waals surface area contributed by atoms with Crippen LogP contribution in [0.25, 0.3) is 0 Å². The summed E-state index contributed by atoms with van der Waals surface area (Å²) in [4.78, 5) is 21.4. The van der Waals surface area contributed by atoms with E-state index in [4.69, 9.17) is 17.3 Å². The molecule has 92 valence electrons. The van der Waals surface area contributed by atoms with Crippen LogP contribution in [0.4, 0.5) is 11.5 Å². The van der Waals surface area contributed by atoms with E-state index in [-0.39, 0.29) is 16.7 Å². The van der Waals surface area contributed by atoms with E-state index in [2.05, 4.69) is 9.97 Å². The molecule has 0 bridgehead atoms. The molecule has 0 aromatic carbocycles. The van der Waals surface area contributed by atoms with Crippen LogP contribution < -0.4 is 10.6 Å². The Balaban J connectivity index is 2.29. The number of nitrogen functional groups attached to an aromatic ring is 1. The lowest BCUT2D eigenvalue weighted by molar-refractivity contribution is 0.0992. The molecule has 0 aliphatic rings. The normalized spacial score (nSPS) is 10.1. The highest BCUT2D eigenvalue weighted by Crippen LogP contribution is 2.19. The van der Waals surface area contributed by atoms with Crippen LogP contribution in [0.1, 0.15) is 10.4 Å². The molecular weight excluding hydrogens is 252 g/mol. The lowest BCUT2D eigenvalue weighted by atomic mass is 10.2. The number of halogens is 1. The highest BCUT2D eigenvalue weighted by Gasteiger charge is 2.14. The number of nitrogens with two attached hydrogens (primary N) is 1. The van der Waals surface area contributed by atoms with Crippen molar-refractivity contribution >= 4 is 29.0 Å². The molecule has 2 rings (SSSR count). The molecule has 0 fully saturated rings. The van der Waals surface area contributed by atoms with Crippen LogP contribution in [0.2, 0.25) is 5.02 Å². The first kappa shape index (κ1) is 12.3. The Labute approximate surface area is 109 Å². The quantitative estimate of drug-likeness (QED) is 0.898. The molecule has 2 N–H and O–H groups in total. The lowest BCUT2D eigenvalue weighted by Crippen LogP contribution is -2.26. The Morgan fingerprint density at radius 2 is 2.06 bits per heavy atom. The van der Waals surface area contributed by atoms with E-state index in [0.717, 1.165) is 5.69 Å². The average molecular weight is 263 g/mol. The number of anilines is 2. The lowest BCUT2D eigenvalue weighted by Gasteiger charge is -2.17. The SMILES string of the molecule is CN(C(=O)c1cnc(N)c(Cl)c1)c1ccncc1. The fourth-order valence-corrected chi connectivity index (χ4v) is 1.61. The van der Waals surface area contributed by atoms with E-state index in [1.807, 2.05) is 0 Å². The first-order valence-corrected chi connectivity index (χ1v) is 5.56. The van der Waals surface area contributed by atoms with Crippen LogP contribution in [0.5, 0.6) is 0 Å². The summed E-state index contributed by atoms with van der Waals surface area (Å²) in [6.07, 6.45) is 4.64. The van der Waals surface area contributed by atoms with Gasteiger partial charge in [-0.25, -0.2) is 4.98 Å². The van der Waals surface area contributed by atoms with Gasteiger partial charge in [-0.05, 0) is 18.2 Å². The van der Waals surface area contributed by atoms with Gasteiger partial charge in [0.15, 0.2) is 0 Å². The van der Waals surface area contributed by atoms with E-state index in [0.29, 0.717) is 5.56 Å². The fourth-order valence-electron chi connectivity index (χ4n) is 1.44. The largest absolute Gasteiger partial charge is 0.382 e. The molecule has 0 radical (unpaired) electrons. The molecule has 2 aromatic heterocycles. The van der Waals surface area contributed by atoms with Gasteiger partial charge in [-0.2, -0.15) is 0 Å². The number of pyridine rings is 2. The van der Waals surface area contributed by atoms with Gasteiger partial charge in [-0.15, -0.1) is 0 Å². The van der Waals surface area contributed by atoms with Crippen molar-refractivity contribution in [3.63, 3.8) is 0 Å². The Morgan fingerprint density at radius 3 is 2.67 bits per heavy atom. The summed E-state index contributed by atoms with van der Waals surface area (Å²) in [5, 5.41) is 0.268. The van der Waals surface area contributed by atoms with Crippen molar-refractivity contribution in [2.24, 2.45) is 0 Å². The summed E-state index contributed by atoms with van der Waals surface area (Å²) in [5.74, 6) is -0.00428. The van der Waals surface area contributed by atoms with Gasteiger partial charge in [0.1, 0.15) is 5.82 Å². The van der Waals surface area contributed by atoms with Gasteiger partial charge < -0.3 is 10.6 Å². The minimum atomic E-state index is -0.212. The first-order valence-electron chi connectivity index (χ1n) is 5.18. The van der Waals surface area contributed by atoms with Gasteiger partial charge in [-0.1, -0.05) is 11.6 Å². The standard InChI is InChI=1S/C12H11ClN4O/c1-17(9-2-4-15-5-3-9)12(18)8-6-10(13)11(14)16-7-8/h2-7H,1H3,(H2,14,16). The predicted octanol–water partition coefficient (Wildman–Crippen LogP) is 1.99. The van der Waals surface area contributed by atoms with E-state index in [1.54, 1.807) is 31.6 Å². The maximum absolute atomic E-state index is 12.2. The molecule has 18 heavy (non-hydrogen) atoms. The molecule has 0 unspecified atom stereocenters. The molecule has 0 saturated heterocycles. The van der Waals surface area contributed by atoms with Gasteiger partial charge in [0.2, 0.25) is 0 Å². The molecule has 0 aliphatic heterocycles. The van der Waals surface area contributed by atoms with Crippen molar-refractivity contribution in [1.29, 1.82) is 0 Å². The minimum absolute atomic E-state index is 0.208. The maximum atomic E-state index is 12.2. The number of hydrogen-bond acceptors (Lipinski definition) is 4. The van der Waals surface area contributed by atoms with E-state index >= 15 is 0 Å². The van der Waals surface area contributed by atoms with Crippen molar-refractivity contribution in [3.8, 4) is 0 Å². The summed E-state index contributed by atoms with van der Waals surface area (Å²) in [6, 6.07) is 4.98. The smallest absolute Gasteiger partial charge is 0.259 e. The molecule has 1 amide bonds. The summed E-state index contributed by atoms with van der Waals surface area (Å²) in [7, 11) is 1.67. The maximum Gasteiger partial charge on any atom is 0.259 e. The number of carbonyl (C=O) groups is 1. The zero-order valence-electron chi connectivity index (χ0n) is 9.67. The van der Waals surface area contributed by atoms with E-state index < -0.39 is 0 Å². The van der Waals surface area contributed by atoms with Gasteiger partial charge in [-0.3, -0.25) is 9.78 Å². The first-order chi connectivity index (χ1) is 8.59. The van der Waals surface area contributed by atoms with Crippen LogP contribution >= 0.6 is 11.6 Å². The van der Waals surface area contributed by atoms with Crippen LogP contribution in [0, 0.1) is 0 Å². The van der Waals surface area contributed by atoms with Crippen molar-refractivity contribution in [1.82, 2.24) is 9.97 Å². The minimum Gasteiger partial charge on any atom is -0.382 e. The van der Waals surface area contributed by atoms with Gasteiger partial charge in [0, 0.05) is 31.3 Å². The number of amides is 1. The second-order valence-electron chi connectivity index (χ2n) is 3.66. The Morgan fingerprint density at radius 1 is 1.39 bits per heavy atom. The van der Waals surface area contributed by atoms with E-state index in [9.17, 15) is 4.79 Å². The second kappa shape index (κ2) is 5.01. The number of rotatable bonds is 2. The van der Waals surface area contributed by atoms with Crippen LogP contribution in [0.15, 0.2) is 36.8 Å². The molecule has 2 heterocycles. The zero-order chi connectivity index (χ0) is 13.1. The molecule has 6 heteroatoms. The van der Waals surface area contributed by atoms with Crippen molar-refractivity contribution in [2.45, 2.75) is 0 Å². The summed E-state index contributed by atoms with van der Waals surface area (Å²) in [5.41, 5.74) is 6.62. The molecule has 2 aromatic rings. The average Bonchev–Trinajstić information content (AvgIpc) is 2.41. The highest BCUT2D eigenvalue weighted by molar-refractivity contribution is 6.33. The summed E-state index contributed by atoms with van der Waals surface area (Å²) in [6.45, 7) is 0. The Hall–Kier alpha value is -2.14. The topological polar surface area (TPSA) is 72.1 Å². The summed E-state index contributed by atoms with van der Waals surface area (Å²) < 4.78 is 0. The van der Waals surface area contributed by atoms with Gasteiger partial charge in [0.25, 0.3) is 5.91 Å². The van der Waals surface area contributed by atoms with E-state index in [1.165, 1.54) is 17.2 Å². The van der Waals surface area contributed by atoms with Crippen LogP contribution in [-0.2, 0) is 0 Å². The molecular formula is C12H11ClN4O. The monoisotopic (exact) mass is 262 g/mol. The number of nitrogens with zero attached hydrogens (tertiary/aromatic N) is 3. The number of hydrogen-bond donors (Lipinski definition) is 1. The summed E-state index contributed by atoms with van der Waals surface area (Å²) >= 11 is 5.84. The predicted molar refractivity (Wildman–Crippen MR) is 70.6 cm³/mol. The van der Waals surface area contributed by atoms with Crippen molar-refractivity contribution in [2.75, 3.05) is 17.7 Å². The van der Waals surface area contributed by atoms with Crippen molar-refractivity contribution in [3.05, 3.63) is 47.4 Å². The third-order valence-electron chi connectivity index (χ3n) is 2.47. The second-order valence-corrected chi connectivity index (χ2v) is 4.07. The Bertz CT molecular complexity index is 574. The fraction of sp³-hybridized carbons (Fsp3) is 0.0833. The molecule has 0 aliphatic carbocycles. The molecule has 0 atom stereocenters.